The Labute approximate surface area is 159 Å². The normalized spacial score (nSPS) is 13.3. The number of hydrogen-bond donors (Lipinski definition) is 2. The van der Waals surface area contributed by atoms with Crippen LogP contribution in [0.4, 0.5) is 9.18 Å². The van der Waals surface area contributed by atoms with Gasteiger partial charge < -0.3 is 14.8 Å². The fourth-order valence-corrected chi connectivity index (χ4v) is 2.19. The van der Waals surface area contributed by atoms with Gasteiger partial charge in [0.15, 0.2) is 0 Å². The maximum absolute atomic E-state index is 13.4. The van der Waals surface area contributed by atoms with Crippen molar-refractivity contribution in [1.29, 1.82) is 0 Å². The van der Waals surface area contributed by atoms with Gasteiger partial charge in [-0.05, 0) is 40.0 Å². The van der Waals surface area contributed by atoms with Gasteiger partial charge in [0.1, 0.15) is 17.5 Å². The number of alkyl carbamates (subject to hydrolysis) is 1. The molecule has 1 amide bonds. The van der Waals surface area contributed by atoms with Crippen LogP contribution in [0, 0.1) is 5.82 Å². The molecule has 26 heavy (non-hydrogen) atoms. The van der Waals surface area contributed by atoms with Gasteiger partial charge in [-0.1, -0.05) is 31.5 Å². The number of benzene rings is 1. The summed E-state index contributed by atoms with van der Waals surface area (Å²) >= 11 is 4.21. The van der Waals surface area contributed by atoms with Crippen LogP contribution in [0.15, 0.2) is 35.8 Å². The SMILES string of the molecule is C=C(N=C(OC)C(CN(C)S)NC(=O)OC(C)(C)C)c1cccc(F)c1. The van der Waals surface area contributed by atoms with Crippen molar-refractivity contribution in [3.8, 4) is 0 Å². The molecule has 1 atom stereocenters. The van der Waals surface area contributed by atoms with Crippen LogP contribution in [0.25, 0.3) is 5.70 Å². The number of aliphatic imine (C=N–C) groups is 1. The highest BCUT2D eigenvalue weighted by atomic mass is 32.1. The lowest BCUT2D eigenvalue weighted by molar-refractivity contribution is 0.0511. The molecule has 0 aliphatic carbocycles. The van der Waals surface area contributed by atoms with Crippen molar-refractivity contribution in [2.24, 2.45) is 4.99 Å². The minimum atomic E-state index is -0.642. The highest BCUT2D eigenvalue weighted by Crippen LogP contribution is 2.16. The zero-order valence-electron chi connectivity index (χ0n) is 15.7. The van der Waals surface area contributed by atoms with E-state index in [2.05, 4.69) is 29.7 Å². The number of carbonyl (C=O) groups excluding carboxylic acids is 1. The first-order valence-corrected chi connectivity index (χ1v) is 8.38. The van der Waals surface area contributed by atoms with E-state index in [1.54, 1.807) is 44.3 Å². The van der Waals surface area contributed by atoms with Crippen LogP contribution < -0.4 is 5.32 Å². The fourth-order valence-electron chi connectivity index (χ4n) is 2.03. The topological polar surface area (TPSA) is 63.2 Å². The van der Waals surface area contributed by atoms with Crippen LogP contribution >= 0.6 is 12.8 Å². The third-order valence-electron chi connectivity index (χ3n) is 3.05. The molecule has 8 heteroatoms. The van der Waals surface area contributed by atoms with Crippen LogP contribution in [0.3, 0.4) is 0 Å². The number of rotatable bonds is 6. The second kappa shape index (κ2) is 9.59. The summed E-state index contributed by atoms with van der Waals surface area (Å²) in [5, 5.41) is 2.70. The molecule has 0 aliphatic heterocycles. The monoisotopic (exact) mass is 383 g/mol. The molecule has 1 unspecified atom stereocenters. The molecular formula is C18H26FN3O3S. The van der Waals surface area contributed by atoms with E-state index in [4.69, 9.17) is 9.47 Å². The Morgan fingerprint density at radius 2 is 2.12 bits per heavy atom. The number of methoxy groups -OCH3 is 1. The van der Waals surface area contributed by atoms with Gasteiger partial charge in [0, 0.05) is 12.1 Å². The summed E-state index contributed by atoms with van der Waals surface area (Å²) in [7, 11) is 3.15. The highest BCUT2D eigenvalue weighted by molar-refractivity contribution is 7.77. The number of hydrogen-bond acceptors (Lipinski definition) is 6. The van der Waals surface area contributed by atoms with Crippen LogP contribution in [-0.2, 0) is 9.47 Å². The number of ether oxygens (including phenoxy) is 2. The van der Waals surface area contributed by atoms with E-state index < -0.39 is 23.6 Å². The maximum Gasteiger partial charge on any atom is 0.408 e. The van der Waals surface area contributed by atoms with Crippen LogP contribution in [-0.4, -0.2) is 48.6 Å². The Bertz CT molecular complexity index is 672. The molecule has 1 aromatic rings. The second-order valence-corrected chi connectivity index (χ2v) is 7.33. The lowest BCUT2D eigenvalue weighted by atomic mass is 10.1. The molecule has 0 radical (unpaired) electrons. The van der Waals surface area contributed by atoms with Crippen molar-refractivity contribution in [3.05, 3.63) is 42.2 Å². The predicted octanol–water partition coefficient (Wildman–Crippen LogP) is 3.51. The molecule has 0 saturated carbocycles. The van der Waals surface area contributed by atoms with Crippen LogP contribution in [0.2, 0.25) is 0 Å². The van der Waals surface area contributed by atoms with Crippen molar-refractivity contribution < 1.29 is 18.7 Å². The summed E-state index contributed by atoms with van der Waals surface area (Å²) in [5.74, 6) is -0.192. The largest absolute Gasteiger partial charge is 0.483 e. The maximum atomic E-state index is 13.4. The van der Waals surface area contributed by atoms with Gasteiger partial charge in [-0.15, -0.1) is 0 Å². The van der Waals surface area contributed by atoms with E-state index in [1.165, 1.54) is 19.2 Å². The van der Waals surface area contributed by atoms with Crippen molar-refractivity contribution in [2.75, 3.05) is 20.7 Å². The van der Waals surface area contributed by atoms with E-state index in [1.807, 2.05) is 0 Å². The Balaban J connectivity index is 3.04. The molecule has 0 fully saturated rings. The minimum Gasteiger partial charge on any atom is -0.483 e. The number of thiol groups is 1. The van der Waals surface area contributed by atoms with E-state index in [-0.39, 0.29) is 5.90 Å². The number of carbonyl (C=O) groups is 1. The quantitative estimate of drug-likeness (QED) is 0.448. The third kappa shape index (κ3) is 7.88. The van der Waals surface area contributed by atoms with E-state index in [0.717, 1.165) is 0 Å². The summed E-state index contributed by atoms with van der Waals surface area (Å²) in [6.07, 6.45) is -0.612. The fraction of sp³-hybridized carbons (Fsp3) is 0.444. The lowest BCUT2D eigenvalue weighted by Crippen LogP contribution is -2.48. The molecule has 0 spiro atoms. The molecular weight excluding hydrogens is 357 g/mol. The number of nitrogens with zero attached hydrogens (tertiary/aromatic N) is 2. The van der Waals surface area contributed by atoms with Crippen LogP contribution in [0.1, 0.15) is 26.3 Å². The smallest absolute Gasteiger partial charge is 0.408 e. The van der Waals surface area contributed by atoms with Gasteiger partial charge in [0.25, 0.3) is 0 Å². The second-order valence-electron chi connectivity index (χ2n) is 6.65. The zero-order chi connectivity index (χ0) is 19.9. The molecule has 1 aromatic carbocycles. The van der Waals surface area contributed by atoms with E-state index in [0.29, 0.717) is 17.8 Å². The molecule has 0 bridgehead atoms. The van der Waals surface area contributed by atoms with Gasteiger partial charge in [0.05, 0.1) is 12.8 Å². The highest BCUT2D eigenvalue weighted by Gasteiger charge is 2.24. The van der Waals surface area contributed by atoms with Crippen molar-refractivity contribution >= 4 is 30.5 Å². The third-order valence-corrected chi connectivity index (χ3v) is 3.21. The van der Waals surface area contributed by atoms with Crippen molar-refractivity contribution in [2.45, 2.75) is 32.4 Å². The Hall–Kier alpha value is -2.06. The molecule has 1 rings (SSSR count). The molecule has 0 heterocycles. The van der Waals surface area contributed by atoms with Crippen LogP contribution in [0.5, 0.6) is 0 Å². The summed E-state index contributed by atoms with van der Waals surface area (Å²) in [6.45, 7) is 9.44. The first-order chi connectivity index (χ1) is 12.0. The standard InChI is InChI=1S/C18H26FN3O3S/c1-12(13-8-7-9-14(19)10-13)20-16(24-6)15(11-22(5)26)21-17(23)25-18(2,3)4/h7-10,15,26H,1,11H2,2-6H3,(H,21,23). The van der Waals surface area contributed by atoms with Gasteiger partial charge >= 0.3 is 6.09 Å². The number of amides is 1. The molecule has 0 aromatic heterocycles. The van der Waals surface area contributed by atoms with Gasteiger partial charge in [-0.25, -0.2) is 14.2 Å². The molecule has 6 nitrogen and oxygen atoms in total. The Morgan fingerprint density at radius 3 is 2.62 bits per heavy atom. The molecule has 144 valence electrons. The Morgan fingerprint density at radius 1 is 1.46 bits per heavy atom. The van der Waals surface area contributed by atoms with Gasteiger partial charge in [0.2, 0.25) is 5.90 Å². The zero-order valence-corrected chi connectivity index (χ0v) is 16.6. The predicted molar refractivity (Wildman–Crippen MR) is 105 cm³/mol. The minimum absolute atomic E-state index is 0.200. The first kappa shape index (κ1) is 22.0. The van der Waals surface area contributed by atoms with Gasteiger partial charge in [-0.3, -0.25) is 4.31 Å². The Kier molecular flexibility index (Phi) is 8.10. The summed E-state index contributed by atoms with van der Waals surface area (Å²) in [6, 6.07) is 5.27. The lowest BCUT2D eigenvalue weighted by Gasteiger charge is -2.25. The molecule has 0 saturated heterocycles. The van der Waals surface area contributed by atoms with Crippen molar-refractivity contribution in [1.82, 2.24) is 9.62 Å². The molecule has 1 N–H and O–H groups in total. The number of likely N-dealkylation sites (N-methyl/N-ethyl adjacent to an activating group) is 1. The van der Waals surface area contributed by atoms with Gasteiger partial charge in [-0.2, -0.15) is 0 Å². The van der Waals surface area contributed by atoms with E-state index >= 15 is 0 Å². The average Bonchev–Trinajstić information content (AvgIpc) is 2.49. The number of nitrogens with one attached hydrogen (secondary N) is 1. The van der Waals surface area contributed by atoms with Crippen molar-refractivity contribution in [3.63, 3.8) is 0 Å². The summed E-state index contributed by atoms with van der Waals surface area (Å²) < 4.78 is 25.6. The van der Waals surface area contributed by atoms with E-state index in [9.17, 15) is 9.18 Å². The summed E-state index contributed by atoms with van der Waals surface area (Å²) in [4.78, 5) is 16.4. The summed E-state index contributed by atoms with van der Waals surface area (Å²) in [5.41, 5.74) is 0.172. The average molecular weight is 383 g/mol. The first-order valence-electron chi connectivity index (χ1n) is 7.98. The molecule has 0 aliphatic rings. The number of halogens is 1.